The number of fused-ring (bicyclic) bond motifs is 18. The minimum atomic E-state index is -5.95. The van der Waals surface area contributed by atoms with E-state index in [1.165, 1.54) is 20.6 Å². The van der Waals surface area contributed by atoms with Crippen molar-refractivity contribution in [3.8, 4) is 0 Å². The Bertz CT molecular complexity index is 1880. The summed E-state index contributed by atoms with van der Waals surface area (Å²) >= 11 is 0. The number of carbonyl (C=O) groups is 4. The molecular formula is C34H40F4Na2O15S2. The molecule has 0 aromatic heterocycles. The minimum absolute atomic E-state index is 0. The quantitative estimate of drug-likeness (QED) is 0.0425. The molecule has 8 rings (SSSR count). The Morgan fingerprint density at radius 2 is 0.930 bits per heavy atom. The minimum Gasteiger partial charge on any atom is -0.743 e. The number of aliphatic hydroxyl groups excluding tert-OH is 1. The van der Waals surface area contributed by atoms with E-state index in [-0.39, 0.29) is 101 Å². The first-order valence-corrected chi connectivity index (χ1v) is 20.5. The molecule has 308 valence electrons. The zero-order valence-electron chi connectivity index (χ0n) is 31.3. The summed E-state index contributed by atoms with van der Waals surface area (Å²) in [5, 5.41) is 7.86. The van der Waals surface area contributed by atoms with Crippen LogP contribution in [0.1, 0.15) is 25.7 Å². The molecule has 6 saturated carbocycles. The molecular weight excluding hydrogens is 834 g/mol. The Morgan fingerprint density at radius 3 is 1.21 bits per heavy atom. The van der Waals surface area contributed by atoms with Crippen LogP contribution in [0.2, 0.25) is 0 Å². The maximum atomic E-state index is 13.3. The van der Waals surface area contributed by atoms with Crippen LogP contribution in [0.4, 0.5) is 17.6 Å². The van der Waals surface area contributed by atoms with Crippen molar-refractivity contribution in [3.05, 3.63) is 24.3 Å². The van der Waals surface area contributed by atoms with Gasteiger partial charge in [-0.15, -0.1) is 0 Å². The molecule has 8 aliphatic rings. The molecule has 0 saturated heterocycles. The molecule has 0 amide bonds. The average Bonchev–Trinajstić information content (AvgIpc) is 3.97. The SMILES string of the molecule is COC(=O)C1C2CC(C1C(=O)O)C1C3C=CC(C3)C21.COC(=O)C1C2CC(C1C(=O)OCC(F)(F)S(=O)(=O)[O-])C1C3C=CC(C3)C21.O=S(=O)([O-])C(F)(F)CO.[Na+].[Na+]. The summed E-state index contributed by atoms with van der Waals surface area (Å²) in [4.78, 5) is 48.5. The summed E-state index contributed by atoms with van der Waals surface area (Å²) < 4.78 is 124. The number of allylic oxidation sites excluding steroid dienone is 4. The van der Waals surface area contributed by atoms with Gasteiger partial charge >= 0.3 is 93.5 Å². The molecule has 8 bridgehead atoms. The normalized spacial score (nSPS) is 39.4. The number of rotatable bonds is 9. The molecule has 0 radical (unpaired) electrons. The molecule has 0 spiro atoms. The molecule has 0 aromatic rings. The van der Waals surface area contributed by atoms with Crippen LogP contribution in [-0.2, 0) is 53.6 Å². The van der Waals surface area contributed by atoms with Crippen LogP contribution in [0.5, 0.6) is 0 Å². The maximum Gasteiger partial charge on any atom is 1.00 e. The van der Waals surface area contributed by atoms with Crippen LogP contribution < -0.4 is 59.1 Å². The number of methoxy groups -OCH3 is 2. The maximum absolute atomic E-state index is 13.3. The van der Waals surface area contributed by atoms with Crippen LogP contribution in [0.15, 0.2) is 24.3 Å². The number of alkyl halides is 4. The van der Waals surface area contributed by atoms with Crippen molar-refractivity contribution in [3.63, 3.8) is 0 Å². The molecule has 0 aliphatic heterocycles. The van der Waals surface area contributed by atoms with Gasteiger partial charge in [0.15, 0.2) is 26.8 Å². The molecule has 16 unspecified atom stereocenters. The second-order valence-corrected chi connectivity index (χ2v) is 18.8. The summed E-state index contributed by atoms with van der Waals surface area (Å²) in [6, 6.07) is 0. The Hall–Kier alpha value is -1.14. The van der Waals surface area contributed by atoms with E-state index < -0.39 is 85.5 Å². The van der Waals surface area contributed by atoms with E-state index in [2.05, 4.69) is 29.0 Å². The number of carboxylic acids is 1. The van der Waals surface area contributed by atoms with Crippen LogP contribution in [-0.4, -0.2) is 98.0 Å². The summed E-state index contributed by atoms with van der Waals surface area (Å²) in [5.41, 5.74) is 0. The Balaban J connectivity index is 0.000000209. The molecule has 23 heteroatoms. The number of carboxylic acid groups (broad SMARTS) is 1. The average molecular weight is 875 g/mol. The number of hydrogen-bond donors (Lipinski definition) is 2. The van der Waals surface area contributed by atoms with E-state index in [0.29, 0.717) is 41.9 Å². The van der Waals surface area contributed by atoms with E-state index >= 15 is 0 Å². The molecule has 16 atom stereocenters. The summed E-state index contributed by atoms with van der Waals surface area (Å²) in [7, 11) is -9.07. The predicted molar refractivity (Wildman–Crippen MR) is 172 cm³/mol. The van der Waals surface area contributed by atoms with Crippen LogP contribution in [0, 0.1) is 94.7 Å². The van der Waals surface area contributed by atoms with E-state index in [0.717, 1.165) is 12.8 Å². The van der Waals surface area contributed by atoms with E-state index in [1.807, 2.05) is 0 Å². The van der Waals surface area contributed by atoms with Gasteiger partial charge in [0.25, 0.3) is 0 Å². The number of hydrogen-bond acceptors (Lipinski definition) is 14. The number of aliphatic hydroxyl groups is 1. The van der Waals surface area contributed by atoms with Crippen LogP contribution in [0.3, 0.4) is 0 Å². The van der Waals surface area contributed by atoms with Crippen LogP contribution >= 0.6 is 0 Å². The third-order valence-electron chi connectivity index (χ3n) is 13.7. The molecule has 0 aromatic carbocycles. The molecule has 8 aliphatic carbocycles. The van der Waals surface area contributed by atoms with E-state index in [4.69, 9.17) is 14.6 Å². The fourth-order valence-corrected chi connectivity index (χ4v) is 12.4. The van der Waals surface area contributed by atoms with Gasteiger partial charge < -0.3 is 33.5 Å². The number of ether oxygens (including phenoxy) is 3. The molecule has 57 heavy (non-hydrogen) atoms. The number of esters is 3. The van der Waals surface area contributed by atoms with Gasteiger partial charge in [0.1, 0.15) is 6.61 Å². The zero-order valence-corrected chi connectivity index (χ0v) is 37.0. The first-order chi connectivity index (χ1) is 25.5. The molecule has 0 heterocycles. The standard InChI is InChI=1S/C17H20F2O7S.C15H18O4.C2H4F2O4S.2Na/c1-25-15(20)13-9-5-10(12-8-3-2-7(4-8)11(9)12)14(13)16(21)26-6-17(18,19)27(22,23)24;1-19-15(18)13-9-5-8(12(13)14(16)17)10-6-2-3-7(4-6)11(9)10;3-2(4,1-5)9(6,7)8;;/h2-3,7-14H,4-6H2,1H3,(H,22,23,24);2-3,6-13H,4-5H2,1H3,(H,16,17);5H,1H2,(H,6,7,8);;/q;;;2*+1/p-2. The first kappa shape index (κ1) is 48.5. The second-order valence-electron chi connectivity index (χ2n) is 15.8. The van der Waals surface area contributed by atoms with Gasteiger partial charge in [-0.2, -0.15) is 17.6 Å². The van der Waals surface area contributed by atoms with E-state index in [1.54, 1.807) is 0 Å². The Kier molecular flexibility index (Phi) is 14.7. The van der Waals surface area contributed by atoms with Crippen molar-refractivity contribution in [2.75, 3.05) is 27.4 Å². The van der Waals surface area contributed by atoms with Crippen molar-refractivity contribution in [2.24, 2.45) is 94.7 Å². The summed E-state index contributed by atoms with van der Waals surface area (Å²) in [6.07, 6.45) is 12.5. The van der Waals surface area contributed by atoms with Gasteiger partial charge in [0, 0.05) is 0 Å². The predicted octanol–water partition coefficient (Wildman–Crippen LogP) is -4.15. The van der Waals surface area contributed by atoms with Crippen molar-refractivity contribution in [1.29, 1.82) is 0 Å². The molecule has 2 N–H and O–H groups in total. The van der Waals surface area contributed by atoms with Gasteiger partial charge in [-0.25, -0.2) is 16.8 Å². The third-order valence-corrected chi connectivity index (χ3v) is 15.4. The smallest absolute Gasteiger partial charge is 0.743 e. The Morgan fingerprint density at radius 1 is 0.614 bits per heavy atom. The first-order valence-electron chi connectivity index (χ1n) is 17.7. The number of carbonyl (C=O) groups excluding carboxylic acids is 3. The van der Waals surface area contributed by atoms with Crippen molar-refractivity contribution in [1.82, 2.24) is 0 Å². The second kappa shape index (κ2) is 17.3. The largest absolute Gasteiger partial charge is 1.00 e. The molecule has 6 fully saturated rings. The van der Waals surface area contributed by atoms with Gasteiger partial charge in [-0.3, -0.25) is 19.2 Å². The van der Waals surface area contributed by atoms with Crippen molar-refractivity contribution in [2.45, 2.75) is 36.2 Å². The fourth-order valence-electron chi connectivity index (χ4n) is 12.1. The number of aliphatic carboxylic acids is 1. The van der Waals surface area contributed by atoms with E-state index in [9.17, 15) is 67.8 Å². The third kappa shape index (κ3) is 8.30. The summed E-state index contributed by atoms with van der Waals surface area (Å²) in [5.74, 6) is -2.08. The van der Waals surface area contributed by atoms with Gasteiger partial charge in [0.05, 0.1) is 37.9 Å². The summed E-state index contributed by atoms with van der Waals surface area (Å²) in [6.45, 7) is -3.82. The zero-order chi connectivity index (χ0) is 40.7. The topological polar surface area (TPSA) is 251 Å². The molecule has 15 nitrogen and oxygen atoms in total. The van der Waals surface area contributed by atoms with Crippen molar-refractivity contribution >= 4 is 44.1 Å². The van der Waals surface area contributed by atoms with Crippen LogP contribution in [0.25, 0.3) is 0 Å². The van der Waals surface area contributed by atoms with Gasteiger partial charge in [-0.1, -0.05) is 24.3 Å². The monoisotopic (exact) mass is 874 g/mol. The van der Waals surface area contributed by atoms with Gasteiger partial charge in [-0.05, 0) is 96.7 Å². The Labute approximate surface area is 370 Å². The van der Waals surface area contributed by atoms with Gasteiger partial charge in [0.2, 0.25) is 0 Å². The van der Waals surface area contributed by atoms with Crippen molar-refractivity contribution < 1.29 is 146 Å². The number of halogens is 4. The fraction of sp³-hybridized carbons (Fsp3) is 0.765.